The largest absolute Gasteiger partial charge is 0.468 e. The van der Waals surface area contributed by atoms with E-state index in [9.17, 15) is 9.59 Å². The van der Waals surface area contributed by atoms with Crippen LogP contribution in [0.4, 0.5) is 0 Å². The first kappa shape index (κ1) is 15.5. The van der Waals surface area contributed by atoms with Gasteiger partial charge in [-0.25, -0.2) is 9.69 Å². The van der Waals surface area contributed by atoms with Crippen molar-refractivity contribution in [1.82, 2.24) is 4.90 Å². The van der Waals surface area contributed by atoms with Gasteiger partial charge in [-0.3, -0.25) is 4.79 Å². The summed E-state index contributed by atoms with van der Waals surface area (Å²) < 4.78 is 20.8. The van der Waals surface area contributed by atoms with Crippen molar-refractivity contribution in [3.63, 3.8) is 0 Å². The van der Waals surface area contributed by atoms with Crippen LogP contribution in [0, 0.1) is 5.92 Å². The SMILES string of the molecule is COC(=O)C1=CCCCC[C@@H](N2CC3OC2O3)[C@H]1C(=O)OC. The van der Waals surface area contributed by atoms with Crippen molar-refractivity contribution in [3.8, 4) is 0 Å². The zero-order chi connectivity index (χ0) is 15.7. The van der Waals surface area contributed by atoms with E-state index in [-0.39, 0.29) is 12.3 Å². The van der Waals surface area contributed by atoms with Gasteiger partial charge in [0.05, 0.1) is 20.8 Å². The Kier molecular flexibility index (Phi) is 4.46. The van der Waals surface area contributed by atoms with Gasteiger partial charge in [0.2, 0.25) is 6.41 Å². The van der Waals surface area contributed by atoms with Gasteiger partial charge >= 0.3 is 11.9 Å². The lowest BCUT2D eigenvalue weighted by atomic mass is 9.84. The molecule has 4 rings (SSSR count). The Morgan fingerprint density at radius 3 is 2.59 bits per heavy atom. The van der Waals surface area contributed by atoms with Crippen LogP contribution in [0.3, 0.4) is 0 Å². The van der Waals surface area contributed by atoms with Crippen LogP contribution in [0.5, 0.6) is 0 Å². The molecular weight excluding hydrogens is 290 g/mol. The highest BCUT2D eigenvalue weighted by molar-refractivity contribution is 5.96. The fourth-order valence-corrected chi connectivity index (χ4v) is 3.41. The van der Waals surface area contributed by atoms with Crippen LogP contribution in [-0.4, -0.2) is 56.3 Å². The second kappa shape index (κ2) is 6.36. The molecule has 0 aromatic heterocycles. The first-order chi connectivity index (χ1) is 10.7. The second-order valence-electron chi connectivity index (χ2n) is 5.71. The molecule has 4 aliphatic rings. The molecule has 0 aromatic carbocycles. The zero-order valence-corrected chi connectivity index (χ0v) is 12.8. The van der Waals surface area contributed by atoms with Crippen molar-refractivity contribution in [3.05, 3.63) is 11.6 Å². The Labute approximate surface area is 129 Å². The highest BCUT2D eigenvalue weighted by atomic mass is 16.9. The van der Waals surface area contributed by atoms with Crippen molar-refractivity contribution in [1.29, 1.82) is 0 Å². The summed E-state index contributed by atoms with van der Waals surface area (Å²) in [5.74, 6) is -1.58. The van der Waals surface area contributed by atoms with Gasteiger partial charge in [0.25, 0.3) is 0 Å². The number of hydrogen-bond donors (Lipinski definition) is 0. The molecule has 3 heterocycles. The van der Waals surface area contributed by atoms with Crippen molar-refractivity contribution in [2.75, 3.05) is 20.8 Å². The lowest BCUT2D eigenvalue weighted by Gasteiger charge is -2.36. The Morgan fingerprint density at radius 1 is 1.23 bits per heavy atom. The minimum absolute atomic E-state index is 0.185. The summed E-state index contributed by atoms with van der Waals surface area (Å²) in [5.41, 5.74) is 0.378. The molecule has 1 aliphatic carbocycles. The van der Waals surface area contributed by atoms with Crippen LogP contribution < -0.4 is 0 Å². The van der Waals surface area contributed by atoms with E-state index >= 15 is 0 Å². The number of ether oxygens (including phenoxy) is 4. The van der Waals surface area contributed by atoms with Gasteiger partial charge in [0, 0.05) is 11.6 Å². The van der Waals surface area contributed by atoms with Gasteiger partial charge in [0.1, 0.15) is 5.92 Å². The molecule has 3 saturated heterocycles. The smallest absolute Gasteiger partial charge is 0.334 e. The van der Waals surface area contributed by atoms with Crippen molar-refractivity contribution in [2.45, 2.75) is 44.4 Å². The predicted molar refractivity (Wildman–Crippen MR) is 74.3 cm³/mol. The highest BCUT2D eigenvalue weighted by Gasteiger charge is 2.52. The molecule has 2 bridgehead atoms. The summed E-state index contributed by atoms with van der Waals surface area (Å²) in [4.78, 5) is 26.5. The predicted octanol–water partition coefficient (Wildman–Crippen LogP) is 0.790. The molecule has 122 valence electrons. The third-order valence-electron chi connectivity index (χ3n) is 4.51. The van der Waals surface area contributed by atoms with Gasteiger partial charge in [-0.1, -0.05) is 12.5 Å². The van der Waals surface area contributed by atoms with E-state index in [2.05, 4.69) is 0 Å². The fourth-order valence-electron chi connectivity index (χ4n) is 3.41. The standard InChI is InChI=1S/C15H21NO6/c1-19-13(17)9-6-4-3-5-7-10(12(9)14(18)20-2)16-8-11-21-15(16)22-11/h6,10-12,15H,3-5,7-8H2,1-2H3/t10-,11?,12+,15?/m1/s1. The minimum Gasteiger partial charge on any atom is -0.468 e. The normalized spacial score (nSPS) is 34.9. The number of allylic oxidation sites excluding steroid dienone is 1. The molecule has 7 nitrogen and oxygen atoms in total. The summed E-state index contributed by atoms with van der Waals surface area (Å²) in [7, 11) is 2.66. The summed E-state index contributed by atoms with van der Waals surface area (Å²) in [5, 5.41) is 0. The zero-order valence-electron chi connectivity index (χ0n) is 12.8. The number of esters is 2. The van der Waals surface area contributed by atoms with Crippen molar-refractivity contribution < 1.29 is 28.5 Å². The summed E-state index contributed by atoms with van der Waals surface area (Å²) in [6.45, 7) is 0.608. The fraction of sp³-hybridized carbons (Fsp3) is 0.733. The van der Waals surface area contributed by atoms with E-state index in [0.717, 1.165) is 25.7 Å². The van der Waals surface area contributed by atoms with Crippen LogP contribution in [0.25, 0.3) is 0 Å². The van der Waals surface area contributed by atoms with E-state index in [1.807, 2.05) is 11.0 Å². The van der Waals surface area contributed by atoms with Gasteiger partial charge in [0.15, 0.2) is 6.29 Å². The number of fused-ring (bicyclic) bond motifs is 1. The maximum atomic E-state index is 12.4. The first-order valence-corrected chi connectivity index (χ1v) is 7.58. The maximum Gasteiger partial charge on any atom is 0.334 e. The number of carbonyl (C=O) groups excluding carboxylic acids is 2. The molecule has 0 spiro atoms. The lowest BCUT2D eigenvalue weighted by Crippen LogP contribution is -2.48. The van der Waals surface area contributed by atoms with Crippen LogP contribution in [0.2, 0.25) is 0 Å². The average molecular weight is 311 g/mol. The second-order valence-corrected chi connectivity index (χ2v) is 5.71. The van der Waals surface area contributed by atoms with Gasteiger partial charge in [-0.05, 0) is 19.3 Å². The highest BCUT2D eigenvalue weighted by Crippen LogP contribution is 2.38. The number of carbonyl (C=O) groups is 2. The quantitative estimate of drug-likeness (QED) is 0.713. The molecule has 7 heteroatoms. The van der Waals surface area contributed by atoms with Crippen molar-refractivity contribution >= 4 is 11.9 Å². The molecule has 0 amide bonds. The Morgan fingerprint density at radius 2 is 2.00 bits per heavy atom. The molecule has 0 N–H and O–H groups in total. The molecule has 0 saturated carbocycles. The van der Waals surface area contributed by atoms with E-state index < -0.39 is 24.3 Å². The number of methoxy groups -OCH3 is 2. The van der Waals surface area contributed by atoms with Crippen LogP contribution in [-0.2, 0) is 28.5 Å². The van der Waals surface area contributed by atoms with Gasteiger partial charge < -0.3 is 18.9 Å². The Hall–Kier alpha value is -1.44. The molecule has 0 radical (unpaired) electrons. The molecule has 0 aromatic rings. The topological polar surface area (TPSA) is 74.3 Å². The Bertz CT molecular complexity index is 484. The van der Waals surface area contributed by atoms with Crippen molar-refractivity contribution in [2.24, 2.45) is 5.92 Å². The maximum absolute atomic E-state index is 12.4. The number of hydrogen-bond acceptors (Lipinski definition) is 7. The molecule has 0 unspecified atom stereocenters. The lowest BCUT2D eigenvalue weighted by molar-refractivity contribution is -0.362. The van der Waals surface area contributed by atoms with Crippen LogP contribution >= 0.6 is 0 Å². The van der Waals surface area contributed by atoms with Crippen LogP contribution in [0.15, 0.2) is 11.6 Å². The third kappa shape index (κ3) is 2.64. The van der Waals surface area contributed by atoms with E-state index in [1.165, 1.54) is 14.2 Å². The average Bonchev–Trinajstić information content (AvgIpc) is 3.05. The molecular formula is C15H21NO6. The van der Waals surface area contributed by atoms with E-state index in [1.54, 1.807) is 0 Å². The minimum atomic E-state index is -0.677. The summed E-state index contributed by atoms with van der Waals surface area (Å²) in [6, 6.07) is -0.185. The Balaban J connectivity index is 1.93. The first-order valence-electron chi connectivity index (χ1n) is 7.58. The summed E-state index contributed by atoms with van der Waals surface area (Å²) >= 11 is 0. The molecule has 3 fully saturated rings. The number of nitrogens with zero attached hydrogens (tertiary/aromatic N) is 1. The van der Waals surface area contributed by atoms with E-state index in [4.69, 9.17) is 18.9 Å². The molecule has 22 heavy (non-hydrogen) atoms. The third-order valence-corrected chi connectivity index (χ3v) is 4.51. The monoisotopic (exact) mass is 311 g/mol. The molecule has 3 aliphatic heterocycles. The van der Waals surface area contributed by atoms with E-state index in [0.29, 0.717) is 12.1 Å². The molecule has 2 atom stereocenters. The number of rotatable bonds is 3. The van der Waals surface area contributed by atoms with Gasteiger partial charge in [-0.2, -0.15) is 0 Å². The van der Waals surface area contributed by atoms with Gasteiger partial charge in [-0.15, -0.1) is 0 Å². The van der Waals surface area contributed by atoms with Crippen LogP contribution in [0.1, 0.15) is 25.7 Å². The summed E-state index contributed by atoms with van der Waals surface area (Å²) in [6.07, 6.45) is 4.64.